The third-order valence-electron chi connectivity index (χ3n) is 4.96. The van der Waals surface area contributed by atoms with Crippen LogP contribution in [0.4, 0.5) is 14.5 Å². The molecule has 5 nitrogen and oxygen atoms in total. The molecule has 3 aromatic rings. The van der Waals surface area contributed by atoms with Crippen LogP contribution >= 0.6 is 0 Å². The lowest BCUT2D eigenvalue weighted by atomic mass is 10.00. The maximum absolute atomic E-state index is 12.7. The number of carbonyl (C=O) groups is 1. The summed E-state index contributed by atoms with van der Waals surface area (Å²) in [5, 5.41) is 2.83. The fourth-order valence-corrected chi connectivity index (χ4v) is 3.72. The summed E-state index contributed by atoms with van der Waals surface area (Å²) in [6, 6.07) is 20.1. The molecule has 1 aliphatic rings. The molecule has 0 spiro atoms. The lowest BCUT2D eigenvalue weighted by Crippen LogP contribution is -2.42. The summed E-state index contributed by atoms with van der Waals surface area (Å²) in [6.07, 6.45) is 2.06. The number of fused-ring (bicyclic) bond motifs is 1. The maximum atomic E-state index is 12.7. The average Bonchev–Trinajstić information content (AvgIpc) is 3.18. The zero-order chi connectivity index (χ0) is 20.2. The van der Waals surface area contributed by atoms with E-state index in [1.807, 2.05) is 24.3 Å². The first-order valence-corrected chi connectivity index (χ1v) is 9.39. The molecule has 0 saturated heterocycles. The van der Waals surface area contributed by atoms with Crippen LogP contribution in [0.15, 0.2) is 72.9 Å². The fraction of sp³-hybridized carbons (Fsp3) is 0.227. The molecule has 0 bridgehead atoms. The summed E-state index contributed by atoms with van der Waals surface area (Å²) >= 11 is 0. The molecule has 7 heteroatoms. The molecule has 4 rings (SSSR count). The van der Waals surface area contributed by atoms with Crippen molar-refractivity contribution in [2.45, 2.75) is 19.2 Å². The highest BCUT2D eigenvalue weighted by molar-refractivity contribution is 5.92. The zero-order valence-corrected chi connectivity index (χ0v) is 15.7. The van der Waals surface area contributed by atoms with Crippen LogP contribution in [0.3, 0.4) is 0 Å². The summed E-state index contributed by atoms with van der Waals surface area (Å²) < 4.78 is 31.0. The van der Waals surface area contributed by atoms with Gasteiger partial charge in [-0.15, -0.1) is 0 Å². The Labute approximate surface area is 167 Å². The van der Waals surface area contributed by atoms with E-state index in [-0.39, 0.29) is 24.2 Å². The Kier molecular flexibility index (Phi) is 5.57. The number of rotatable bonds is 6. The largest absolute Gasteiger partial charge is 0.435 e. The number of aromatic nitrogens is 1. The Morgan fingerprint density at radius 3 is 2.52 bits per heavy atom. The minimum absolute atomic E-state index is 0.00693. The maximum Gasteiger partial charge on any atom is 0.387 e. The Bertz CT molecular complexity index is 958. The Hall–Kier alpha value is -3.19. The van der Waals surface area contributed by atoms with E-state index in [1.54, 1.807) is 12.1 Å². The van der Waals surface area contributed by atoms with E-state index in [0.717, 1.165) is 24.3 Å². The van der Waals surface area contributed by atoms with Gasteiger partial charge in [0.15, 0.2) is 0 Å². The van der Waals surface area contributed by atoms with E-state index in [9.17, 15) is 13.6 Å². The van der Waals surface area contributed by atoms with Crippen LogP contribution in [-0.4, -0.2) is 35.1 Å². The number of amides is 1. The average molecular weight is 397 g/mol. The minimum Gasteiger partial charge on any atom is -0.435 e. The molecule has 150 valence electrons. The molecule has 2 heterocycles. The number of nitrogens with zero attached hydrogens (tertiary/aromatic N) is 2. The number of anilines is 1. The second kappa shape index (κ2) is 8.45. The van der Waals surface area contributed by atoms with Gasteiger partial charge in [-0.25, -0.2) is 0 Å². The first-order chi connectivity index (χ1) is 14.1. The first-order valence-electron chi connectivity index (χ1n) is 9.39. The predicted octanol–water partition coefficient (Wildman–Crippen LogP) is 4.13. The van der Waals surface area contributed by atoms with Crippen LogP contribution in [0.25, 0.3) is 0 Å². The lowest BCUT2D eigenvalue weighted by molar-refractivity contribution is -0.118. The highest BCUT2D eigenvalue weighted by Gasteiger charge is 2.29. The second-order valence-corrected chi connectivity index (χ2v) is 6.86. The van der Waals surface area contributed by atoms with Gasteiger partial charge in [0.05, 0.1) is 12.6 Å². The minimum atomic E-state index is -2.87. The predicted molar refractivity (Wildman–Crippen MR) is 106 cm³/mol. The summed E-state index contributed by atoms with van der Waals surface area (Å²) in [6.45, 7) is -1.09. The van der Waals surface area contributed by atoms with Crippen molar-refractivity contribution in [3.05, 3.63) is 84.2 Å². The van der Waals surface area contributed by atoms with E-state index in [2.05, 4.69) is 43.9 Å². The monoisotopic (exact) mass is 397 g/mol. The number of hydrogen-bond acceptors (Lipinski definition) is 3. The van der Waals surface area contributed by atoms with Gasteiger partial charge in [-0.3, -0.25) is 9.69 Å². The Morgan fingerprint density at radius 2 is 1.79 bits per heavy atom. The van der Waals surface area contributed by atoms with Crippen molar-refractivity contribution in [3.63, 3.8) is 0 Å². The van der Waals surface area contributed by atoms with Crippen LogP contribution in [-0.2, 0) is 11.3 Å². The van der Waals surface area contributed by atoms with Crippen LogP contribution in [0.2, 0.25) is 0 Å². The Balaban J connectivity index is 1.47. The van der Waals surface area contributed by atoms with Crippen molar-refractivity contribution in [1.82, 2.24) is 9.47 Å². The molecule has 0 saturated carbocycles. The van der Waals surface area contributed by atoms with Crippen LogP contribution in [0, 0.1) is 0 Å². The third kappa shape index (κ3) is 4.46. The van der Waals surface area contributed by atoms with Gasteiger partial charge in [0, 0.05) is 30.7 Å². The zero-order valence-electron chi connectivity index (χ0n) is 15.7. The quantitative estimate of drug-likeness (QED) is 0.680. The van der Waals surface area contributed by atoms with Gasteiger partial charge in [0.1, 0.15) is 5.75 Å². The van der Waals surface area contributed by atoms with Crippen molar-refractivity contribution in [3.8, 4) is 5.75 Å². The topological polar surface area (TPSA) is 46.5 Å². The van der Waals surface area contributed by atoms with Crippen LogP contribution in [0.1, 0.15) is 17.3 Å². The number of hydrogen-bond donors (Lipinski definition) is 1. The molecule has 0 radical (unpaired) electrons. The SMILES string of the molecule is O=C(CN1CCn2cccc2C1c1ccccc1)Nc1ccc(OC(F)F)cc1. The summed E-state index contributed by atoms with van der Waals surface area (Å²) in [7, 11) is 0. The molecule has 1 aliphatic heterocycles. The van der Waals surface area contributed by atoms with Gasteiger partial charge in [-0.05, 0) is 42.0 Å². The number of ether oxygens (including phenoxy) is 1. The lowest BCUT2D eigenvalue weighted by Gasteiger charge is -2.36. The van der Waals surface area contributed by atoms with Gasteiger partial charge < -0.3 is 14.6 Å². The van der Waals surface area contributed by atoms with Gasteiger partial charge in [0.2, 0.25) is 5.91 Å². The van der Waals surface area contributed by atoms with Crippen molar-refractivity contribution >= 4 is 11.6 Å². The van der Waals surface area contributed by atoms with E-state index in [1.165, 1.54) is 12.1 Å². The highest BCUT2D eigenvalue weighted by atomic mass is 19.3. The molecular formula is C22H21F2N3O2. The van der Waals surface area contributed by atoms with Gasteiger partial charge >= 0.3 is 6.61 Å². The number of alkyl halides is 2. The smallest absolute Gasteiger partial charge is 0.387 e. The Morgan fingerprint density at radius 1 is 1.03 bits per heavy atom. The van der Waals surface area contributed by atoms with Crippen molar-refractivity contribution < 1.29 is 18.3 Å². The highest BCUT2D eigenvalue weighted by Crippen LogP contribution is 2.32. The second-order valence-electron chi connectivity index (χ2n) is 6.86. The molecule has 1 aromatic heterocycles. The van der Waals surface area contributed by atoms with E-state index in [0.29, 0.717) is 5.69 Å². The number of carbonyl (C=O) groups excluding carboxylic acids is 1. The van der Waals surface area contributed by atoms with Gasteiger partial charge in [0.25, 0.3) is 0 Å². The van der Waals surface area contributed by atoms with E-state index >= 15 is 0 Å². The molecule has 29 heavy (non-hydrogen) atoms. The van der Waals surface area contributed by atoms with Gasteiger partial charge in [-0.1, -0.05) is 30.3 Å². The summed E-state index contributed by atoms with van der Waals surface area (Å²) in [5.74, 6) is -0.104. The van der Waals surface area contributed by atoms with Crippen molar-refractivity contribution in [2.24, 2.45) is 0 Å². The van der Waals surface area contributed by atoms with Crippen molar-refractivity contribution in [2.75, 3.05) is 18.4 Å². The molecule has 0 fully saturated rings. The number of nitrogens with one attached hydrogen (secondary N) is 1. The fourth-order valence-electron chi connectivity index (χ4n) is 3.72. The molecule has 1 unspecified atom stereocenters. The van der Waals surface area contributed by atoms with Crippen LogP contribution in [0.5, 0.6) is 5.75 Å². The molecule has 1 atom stereocenters. The van der Waals surface area contributed by atoms with E-state index in [4.69, 9.17) is 0 Å². The summed E-state index contributed by atoms with van der Waals surface area (Å²) in [4.78, 5) is 14.8. The van der Waals surface area contributed by atoms with Gasteiger partial charge in [-0.2, -0.15) is 8.78 Å². The first kappa shape index (κ1) is 19.1. The number of halogens is 2. The molecule has 2 aromatic carbocycles. The van der Waals surface area contributed by atoms with Crippen molar-refractivity contribution in [1.29, 1.82) is 0 Å². The molecule has 1 amide bonds. The normalized spacial score (nSPS) is 16.4. The van der Waals surface area contributed by atoms with Crippen LogP contribution < -0.4 is 10.1 Å². The molecule has 0 aliphatic carbocycles. The summed E-state index contributed by atoms with van der Waals surface area (Å²) in [5.41, 5.74) is 2.82. The standard InChI is InChI=1S/C22H21F2N3O2/c23-22(24)29-18-10-8-17(9-11-18)25-20(28)15-27-14-13-26-12-4-7-19(26)21(27)16-5-2-1-3-6-16/h1-12,21-22H,13-15H2,(H,25,28). The number of benzene rings is 2. The molecular weight excluding hydrogens is 376 g/mol. The third-order valence-corrected chi connectivity index (χ3v) is 4.96. The molecule has 1 N–H and O–H groups in total. The van der Waals surface area contributed by atoms with E-state index < -0.39 is 6.61 Å².